The highest BCUT2D eigenvalue weighted by Crippen LogP contribution is 2.25. The Morgan fingerprint density at radius 2 is 0.755 bits per heavy atom. The highest BCUT2D eigenvalue weighted by Gasteiger charge is 2.26. The average Bonchev–Trinajstić information content (AvgIpc) is 3.10. The van der Waals surface area contributed by atoms with E-state index in [1.807, 2.05) is 0 Å². The van der Waals surface area contributed by atoms with Gasteiger partial charge in [0.1, 0.15) is 0 Å². The summed E-state index contributed by atoms with van der Waals surface area (Å²) in [7, 11) is 0. The van der Waals surface area contributed by atoms with E-state index in [1.165, 1.54) is 96.0 Å². The Kier molecular flexibility index (Phi) is 28.8. The van der Waals surface area contributed by atoms with Gasteiger partial charge in [0.15, 0.2) is 0 Å². The summed E-state index contributed by atoms with van der Waals surface area (Å²) in [6.45, 7) is 9.77. The fraction of sp³-hybridized carbons (Fsp3) is 0.791. The van der Waals surface area contributed by atoms with Gasteiger partial charge in [-0.05, 0) is 49.8 Å². The van der Waals surface area contributed by atoms with Crippen LogP contribution in [0.5, 0.6) is 0 Å². The van der Waals surface area contributed by atoms with E-state index in [-0.39, 0.29) is 17.7 Å². The lowest BCUT2D eigenvalue weighted by Gasteiger charge is -2.16. The van der Waals surface area contributed by atoms with E-state index in [0.717, 1.165) is 77.0 Å². The zero-order valence-electron chi connectivity index (χ0n) is 32.3. The molecule has 1 aromatic carbocycles. The predicted molar refractivity (Wildman–Crippen MR) is 204 cm³/mol. The second-order valence-corrected chi connectivity index (χ2v) is 14.0. The second-order valence-electron chi connectivity index (χ2n) is 14.0. The molecular formula is C43H74O6. The van der Waals surface area contributed by atoms with Crippen molar-refractivity contribution in [2.75, 3.05) is 19.8 Å². The molecule has 0 fully saturated rings. The zero-order valence-corrected chi connectivity index (χ0v) is 32.3. The van der Waals surface area contributed by atoms with Crippen LogP contribution in [0.4, 0.5) is 0 Å². The molecule has 0 saturated carbocycles. The molecular weight excluding hydrogens is 612 g/mol. The van der Waals surface area contributed by atoms with E-state index in [9.17, 15) is 14.4 Å². The van der Waals surface area contributed by atoms with Gasteiger partial charge in [-0.15, -0.1) is 0 Å². The molecule has 49 heavy (non-hydrogen) atoms. The number of aryl methyl sites for hydroxylation is 1. The highest BCUT2D eigenvalue weighted by molar-refractivity contribution is 6.06. The first-order valence-electron chi connectivity index (χ1n) is 20.7. The normalized spacial score (nSPS) is 11.1. The fourth-order valence-electron chi connectivity index (χ4n) is 6.24. The Balaban J connectivity index is 3.14. The number of rotatable bonds is 33. The Hall–Kier alpha value is -2.37. The Morgan fingerprint density at radius 3 is 1.18 bits per heavy atom. The van der Waals surface area contributed by atoms with Crippen LogP contribution in [0, 0.1) is 0 Å². The van der Waals surface area contributed by atoms with Crippen molar-refractivity contribution >= 4 is 17.9 Å². The van der Waals surface area contributed by atoms with Crippen LogP contribution >= 0.6 is 0 Å². The molecule has 282 valence electrons. The number of carbonyl (C=O) groups excluding carboxylic acids is 3. The summed E-state index contributed by atoms with van der Waals surface area (Å²) in [5.74, 6) is -1.52. The maximum Gasteiger partial charge on any atom is 0.339 e. The minimum atomic E-state index is -0.567. The maximum atomic E-state index is 13.7. The van der Waals surface area contributed by atoms with Gasteiger partial charge in [0, 0.05) is 0 Å². The third-order valence-corrected chi connectivity index (χ3v) is 9.37. The minimum absolute atomic E-state index is 0.127. The molecule has 6 heteroatoms. The number of hydrogen-bond acceptors (Lipinski definition) is 6. The molecule has 0 atom stereocenters. The van der Waals surface area contributed by atoms with Gasteiger partial charge in [-0.25, -0.2) is 14.4 Å². The first-order valence-corrected chi connectivity index (χ1v) is 20.7. The third-order valence-electron chi connectivity index (χ3n) is 9.37. The first kappa shape index (κ1) is 44.7. The van der Waals surface area contributed by atoms with Crippen molar-refractivity contribution in [1.29, 1.82) is 0 Å². The van der Waals surface area contributed by atoms with Crippen LogP contribution in [-0.2, 0) is 20.6 Å². The van der Waals surface area contributed by atoms with Gasteiger partial charge in [-0.1, -0.05) is 169 Å². The van der Waals surface area contributed by atoms with E-state index in [1.54, 1.807) is 6.07 Å². The van der Waals surface area contributed by atoms with E-state index in [0.29, 0.717) is 30.8 Å². The smallest absolute Gasteiger partial charge is 0.339 e. The number of carbonyl (C=O) groups is 3. The van der Waals surface area contributed by atoms with Crippen LogP contribution < -0.4 is 0 Å². The second kappa shape index (κ2) is 31.6. The summed E-state index contributed by atoms with van der Waals surface area (Å²) in [6.07, 6.45) is 29.5. The maximum absolute atomic E-state index is 13.7. The average molecular weight is 687 g/mol. The SMILES string of the molecule is CCCCCCCCCCc1cc(C(=O)OCCCCCCCC)cc(C(=O)OCCCCCCCC)c1C(=O)OCCCCCCCC. The molecule has 0 aromatic heterocycles. The molecule has 0 aliphatic heterocycles. The highest BCUT2D eigenvalue weighted by atomic mass is 16.5. The molecule has 0 amide bonds. The largest absolute Gasteiger partial charge is 0.462 e. The Morgan fingerprint density at radius 1 is 0.408 bits per heavy atom. The van der Waals surface area contributed by atoms with Crippen molar-refractivity contribution in [3.63, 3.8) is 0 Å². The van der Waals surface area contributed by atoms with Gasteiger partial charge in [-0.3, -0.25) is 0 Å². The van der Waals surface area contributed by atoms with E-state index in [4.69, 9.17) is 14.2 Å². The van der Waals surface area contributed by atoms with Crippen LogP contribution in [0.1, 0.15) is 231 Å². The lowest BCUT2D eigenvalue weighted by atomic mass is 9.93. The quantitative estimate of drug-likeness (QED) is 0.0416. The van der Waals surface area contributed by atoms with Crippen molar-refractivity contribution in [3.8, 4) is 0 Å². The van der Waals surface area contributed by atoms with Gasteiger partial charge >= 0.3 is 17.9 Å². The third kappa shape index (κ3) is 22.1. The molecule has 1 aromatic rings. The summed E-state index contributed by atoms with van der Waals surface area (Å²) >= 11 is 0. The van der Waals surface area contributed by atoms with Crippen LogP contribution in [0.3, 0.4) is 0 Å². The summed E-state index contributed by atoms with van der Waals surface area (Å²) in [4.78, 5) is 40.6. The molecule has 0 bridgehead atoms. The van der Waals surface area contributed by atoms with Gasteiger partial charge in [-0.2, -0.15) is 0 Å². The van der Waals surface area contributed by atoms with Crippen molar-refractivity contribution in [2.24, 2.45) is 0 Å². The van der Waals surface area contributed by atoms with E-state index >= 15 is 0 Å². The van der Waals surface area contributed by atoms with E-state index in [2.05, 4.69) is 27.7 Å². The lowest BCUT2D eigenvalue weighted by Crippen LogP contribution is -2.20. The van der Waals surface area contributed by atoms with Gasteiger partial charge < -0.3 is 14.2 Å². The fourth-order valence-corrected chi connectivity index (χ4v) is 6.24. The molecule has 1 rings (SSSR count). The topological polar surface area (TPSA) is 78.9 Å². The van der Waals surface area contributed by atoms with Crippen molar-refractivity contribution < 1.29 is 28.6 Å². The molecule has 0 heterocycles. The molecule has 0 aliphatic rings. The zero-order chi connectivity index (χ0) is 35.8. The number of hydrogen-bond donors (Lipinski definition) is 0. The number of esters is 3. The minimum Gasteiger partial charge on any atom is -0.462 e. The summed E-state index contributed by atoms with van der Waals surface area (Å²) in [5, 5.41) is 0. The summed E-state index contributed by atoms with van der Waals surface area (Å²) in [6, 6.07) is 3.27. The lowest BCUT2D eigenvalue weighted by molar-refractivity contribution is 0.0446. The molecule has 6 nitrogen and oxygen atoms in total. The van der Waals surface area contributed by atoms with E-state index < -0.39 is 17.9 Å². The molecule has 0 radical (unpaired) electrons. The molecule has 0 saturated heterocycles. The molecule has 0 unspecified atom stereocenters. The van der Waals surface area contributed by atoms with Crippen molar-refractivity contribution in [3.05, 3.63) is 34.4 Å². The molecule has 0 spiro atoms. The summed E-state index contributed by atoms with van der Waals surface area (Å²) < 4.78 is 17.2. The molecule has 0 N–H and O–H groups in total. The predicted octanol–water partition coefficient (Wildman–Crippen LogP) is 12.9. The number of benzene rings is 1. The van der Waals surface area contributed by atoms with Crippen molar-refractivity contribution in [1.82, 2.24) is 0 Å². The van der Waals surface area contributed by atoms with Crippen molar-refractivity contribution in [2.45, 2.75) is 201 Å². The molecule has 0 aliphatic carbocycles. The number of unbranched alkanes of at least 4 members (excludes halogenated alkanes) is 22. The Labute approximate surface area is 301 Å². The first-order chi connectivity index (χ1) is 24.0. The van der Waals surface area contributed by atoms with Crippen LogP contribution in [0.2, 0.25) is 0 Å². The van der Waals surface area contributed by atoms with Gasteiger partial charge in [0.05, 0.1) is 36.5 Å². The van der Waals surface area contributed by atoms with Crippen LogP contribution in [-0.4, -0.2) is 37.7 Å². The Bertz CT molecular complexity index is 987. The summed E-state index contributed by atoms with van der Waals surface area (Å²) in [5.41, 5.74) is 1.37. The van der Waals surface area contributed by atoms with Crippen LogP contribution in [0.25, 0.3) is 0 Å². The number of ether oxygens (including phenoxy) is 3. The monoisotopic (exact) mass is 687 g/mol. The van der Waals surface area contributed by atoms with Crippen LogP contribution in [0.15, 0.2) is 12.1 Å². The van der Waals surface area contributed by atoms with Gasteiger partial charge in [0.25, 0.3) is 0 Å². The standard InChI is InChI=1S/C43H74O6/c1-5-9-13-17-21-22-23-27-31-37-35-38(41(44)47-32-28-24-18-14-10-6-2)36-39(42(45)48-33-29-25-19-15-11-7-3)40(37)43(46)49-34-30-26-20-16-12-8-4/h35-36H,5-34H2,1-4H3. The van der Waals surface area contributed by atoms with Gasteiger partial charge in [0.2, 0.25) is 0 Å².